The second-order valence-corrected chi connectivity index (χ2v) is 11.0. The summed E-state index contributed by atoms with van der Waals surface area (Å²) in [5.41, 5.74) is 2.19. The van der Waals surface area contributed by atoms with E-state index >= 15 is 0 Å². The summed E-state index contributed by atoms with van der Waals surface area (Å²) in [6, 6.07) is 11.8. The van der Waals surface area contributed by atoms with E-state index in [0.29, 0.717) is 24.5 Å². The maximum Gasteiger partial charge on any atom is 0.243 e. The standard InChI is InChI=1S/C25H31N3O5S/c1-4-33-21-10-8-20(9-11-21)26-24(29)16-27(3)34(31,32)22-12-13-23-19(15-22)14-17(2)28(23)25(30)18-6-5-7-18/h8-13,15,17-18H,4-7,14,16H2,1-3H3,(H,26,29)/t17-/m0/s1. The summed E-state index contributed by atoms with van der Waals surface area (Å²) in [6.07, 6.45) is 3.54. The molecule has 0 aromatic heterocycles. The van der Waals surface area contributed by atoms with E-state index in [4.69, 9.17) is 4.74 Å². The number of likely N-dealkylation sites (N-methyl/N-ethyl adjacent to an activating group) is 1. The molecule has 9 heteroatoms. The maximum atomic E-state index is 13.1. The molecule has 0 saturated heterocycles. The fourth-order valence-corrected chi connectivity index (χ4v) is 5.60. The Labute approximate surface area is 200 Å². The summed E-state index contributed by atoms with van der Waals surface area (Å²) in [4.78, 5) is 27.3. The molecule has 0 spiro atoms. The molecule has 2 aromatic carbocycles. The Morgan fingerprint density at radius 2 is 1.85 bits per heavy atom. The molecule has 0 radical (unpaired) electrons. The molecule has 1 N–H and O–H groups in total. The van der Waals surface area contributed by atoms with Crippen molar-refractivity contribution in [1.82, 2.24) is 4.31 Å². The van der Waals surface area contributed by atoms with Gasteiger partial charge in [0, 0.05) is 30.4 Å². The molecule has 1 fully saturated rings. The number of nitrogens with zero attached hydrogens (tertiary/aromatic N) is 2. The van der Waals surface area contributed by atoms with Crippen molar-refractivity contribution in [1.29, 1.82) is 0 Å². The van der Waals surface area contributed by atoms with Crippen LogP contribution in [0.3, 0.4) is 0 Å². The van der Waals surface area contributed by atoms with Gasteiger partial charge >= 0.3 is 0 Å². The first-order valence-electron chi connectivity index (χ1n) is 11.7. The van der Waals surface area contributed by atoms with Crippen LogP contribution in [0.5, 0.6) is 5.75 Å². The molecule has 1 atom stereocenters. The Morgan fingerprint density at radius 3 is 2.47 bits per heavy atom. The van der Waals surface area contributed by atoms with E-state index < -0.39 is 15.9 Å². The van der Waals surface area contributed by atoms with Gasteiger partial charge in [-0.1, -0.05) is 6.42 Å². The molecular formula is C25H31N3O5S. The second-order valence-electron chi connectivity index (χ2n) is 8.95. The van der Waals surface area contributed by atoms with Crippen LogP contribution < -0.4 is 15.0 Å². The minimum Gasteiger partial charge on any atom is -0.494 e. The second kappa shape index (κ2) is 9.76. The minimum atomic E-state index is -3.88. The zero-order chi connectivity index (χ0) is 24.5. The molecule has 2 aliphatic rings. The van der Waals surface area contributed by atoms with Gasteiger partial charge in [0.05, 0.1) is 18.0 Å². The van der Waals surface area contributed by atoms with Crippen LogP contribution in [-0.2, 0) is 26.0 Å². The van der Waals surface area contributed by atoms with Crippen molar-refractivity contribution in [2.45, 2.75) is 50.5 Å². The molecule has 0 bridgehead atoms. The SMILES string of the molecule is CCOc1ccc(NC(=O)CN(C)S(=O)(=O)c2ccc3c(c2)C[C@H](C)N3C(=O)C2CCC2)cc1. The van der Waals surface area contributed by atoms with Gasteiger partial charge in [-0.15, -0.1) is 0 Å². The predicted octanol–water partition coefficient (Wildman–Crippen LogP) is 3.42. The molecular weight excluding hydrogens is 454 g/mol. The normalized spacial score (nSPS) is 17.9. The number of nitrogens with one attached hydrogen (secondary N) is 1. The van der Waals surface area contributed by atoms with Crippen LogP contribution in [0, 0.1) is 5.92 Å². The van der Waals surface area contributed by atoms with E-state index in [1.54, 1.807) is 36.4 Å². The summed E-state index contributed by atoms with van der Waals surface area (Å²) in [5.74, 6) is 0.467. The van der Waals surface area contributed by atoms with Gasteiger partial charge in [-0.05, 0) is 81.1 Å². The third-order valence-electron chi connectivity index (χ3n) is 6.48. The Morgan fingerprint density at radius 1 is 1.15 bits per heavy atom. The van der Waals surface area contributed by atoms with Crippen LogP contribution in [0.1, 0.15) is 38.7 Å². The first-order chi connectivity index (χ1) is 16.2. The number of ether oxygens (including phenoxy) is 1. The monoisotopic (exact) mass is 485 g/mol. The van der Waals surface area contributed by atoms with Crippen molar-refractivity contribution in [3.05, 3.63) is 48.0 Å². The third-order valence-corrected chi connectivity index (χ3v) is 8.28. The number of fused-ring (bicyclic) bond motifs is 1. The number of benzene rings is 2. The molecule has 2 aromatic rings. The summed E-state index contributed by atoms with van der Waals surface area (Å²) < 4.78 is 32.7. The number of anilines is 2. The molecule has 182 valence electrons. The lowest BCUT2D eigenvalue weighted by Crippen LogP contribution is -2.42. The van der Waals surface area contributed by atoms with Crippen molar-refractivity contribution in [3.8, 4) is 5.75 Å². The van der Waals surface area contributed by atoms with E-state index in [1.165, 1.54) is 13.1 Å². The van der Waals surface area contributed by atoms with Gasteiger partial charge in [0.25, 0.3) is 0 Å². The van der Waals surface area contributed by atoms with Gasteiger partial charge in [-0.3, -0.25) is 9.59 Å². The zero-order valence-corrected chi connectivity index (χ0v) is 20.6. The molecule has 8 nitrogen and oxygen atoms in total. The molecule has 1 aliphatic carbocycles. The van der Waals surface area contributed by atoms with Crippen molar-refractivity contribution in [2.75, 3.05) is 30.4 Å². The van der Waals surface area contributed by atoms with E-state index in [1.807, 2.05) is 18.7 Å². The van der Waals surface area contributed by atoms with Gasteiger partial charge in [0.15, 0.2) is 0 Å². The molecule has 1 aliphatic heterocycles. The van der Waals surface area contributed by atoms with Crippen LogP contribution in [0.25, 0.3) is 0 Å². The van der Waals surface area contributed by atoms with Crippen molar-refractivity contribution in [3.63, 3.8) is 0 Å². The number of sulfonamides is 1. The molecule has 1 saturated carbocycles. The summed E-state index contributed by atoms with van der Waals surface area (Å²) in [6.45, 7) is 4.10. The molecule has 0 unspecified atom stereocenters. The Kier molecular flexibility index (Phi) is 6.95. The van der Waals surface area contributed by atoms with Gasteiger partial charge in [0.1, 0.15) is 5.75 Å². The molecule has 1 heterocycles. The first kappa shape index (κ1) is 24.2. The third kappa shape index (κ3) is 4.81. The van der Waals surface area contributed by atoms with E-state index in [9.17, 15) is 18.0 Å². The fourth-order valence-electron chi connectivity index (χ4n) is 4.42. The quantitative estimate of drug-likeness (QED) is 0.618. The highest BCUT2D eigenvalue weighted by Crippen LogP contribution is 2.38. The van der Waals surface area contributed by atoms with Gasteiger partial charge in [0.2, 0.25) is 21.8 Å². The van der Waals surface area contributed by atoms with Gasteiger partial charge in [-0.25, -0.2) is 8.42 Å². The van der Waals surface area contributed by atoms with Crippen LogP contribution in [0.4, 0.5) is 11.4 Å². The largest absolute Gasteiger partial charge is 0.494 e. The summed E-state index contributed by atoms with van der Waals surface area (Å²) in [5, 5.41) is 2.71. The van der Waals surface area contributed by atoms with E-state index in [2.05, 4.69) is 5.32 Å². The highest BCUT2D eigenvalue weighted by Gasteiger charge is 2.37. The number of carbonyl (C=O) groups is 2. The van der Waals surface area contributed by atoms with Crippen molar-refractivity contribution in [2.24, 2.45) is 5.92 Å². The average molecular weight is 486 g/mol. The van der Waals surface area contributed by atoms with Gasteiger partial charge in [-0.2, -0.15) is 4.31 Å². The van der Waals surface area contributed by atoms with Crippen LogP contribution in [0.2, 0.25) is 0 Å². The van der Waals surface area contributed by atoms with Crippen LogP contribution >= 0.6 is 0 Å². The number of amides is 2. The Balaban J connectivity index is 1.44. The summed E-state index contributed by atoms with van der Waals surface area (Å²) in [7, 11) is -2.49. The lowest BCUT2D eigenvalue weighted by atomic mass is 9.84. The average Bonchev–Trinajstić information content (AvgIpc) is 3.08. The zero-order valence-electron chi connectivity index (χ0n) is 19.8. The van der Waals surface area contributed by atoms with E-state index in [0.717, 1.165) is 34.8 Å². The molecule has 34 heavy (non-hydrogen) atoms. The molecule has 2 amide bonds. The van der Waals surface area contributed by atoms with Crippen LogP contribution in [-0.4, -0.2) is 50.8 Å². The van der Waals surface area contributed by atoms with Gasteiger partial charge < -0.3 is 15.0 Å². The lowest BCUT2D eigenvalue weighted by Gasteiger charge is -2.32. The number of carbonyl (C=O) groups excluding carboxylic acids is 2. The molecule has 4 rings (SSSR count). The fraction of sp³-hybridized carbons (Fsp3) is 0.440. The Bertz CT molecular complexity index is 1180. The maximum absolute atomic E-state index is 13.1. The predicted molar refractivity (Wildman–Crippen MR) is 130 cm³/mol. The lowest BCUT2D eigenvalue weighted by molar-refractivity contribution is -0.125. The minimum absolute atomic E-state index is 0.00123. The topological polar surface area (TPSA) is 96.0 Å². The number of rotatable bonds is 8. The Hall–Kier alpha value is -2.91. The first-order valence-corrected chi connectivity index (χ1v) is 13.1. The smallest absolute Gasteiger partial charge is 0.243 e. The number of hydrogen-bond donors (Lipinski definition) is 1. The highest BCUT2D eigenvalue weighted by molar-refractivity contribution is 7.89. The van der Waals surface area contributed by atoms with Crippen molar-refractivity contribution < 1.29 is 22.7 Å². The number of hydrogen-bond acceptors (Lipinski definition) is 5. The van der Waals surface area contributed by atoms with Crippen molar-refractivity contribution >= 4 is 33.2 Å². The highest BCUT2D eigenvalue weighted by atomic mass is 32.2. The van der Waals surface area contributed by atoms with Crippen LogP contribution in [0.15, 0.2) is 47.4 Å². The van der Waals surface area contributed by atoms with E-state index in [-0.39, 0.29) is 29.3 Å². The summed E-state index contributed by atoms with van der Waals surface area (Å²) >= 11 is 0.